The first-order valence-electron chi connectivity index (χ1n) is 10.9. The maximum Gasteiger partial charge on any atom is 0.201 e. The van der Waals surface area contributed by atoms with E-state index >= 15 is 0 Å². The zero-order chi connectivity index (χ0) is 20.6. The molecular formula is C25H32F2O2. The molecule has 1 atom stereocenters. The molecule has 4 heteroatoms. The molecular weight excluding hydrogens is 370 g/mol. The Morgan fingerprint density at radius 1 is 0.897 bits per heavy atom. The van der Waals surface area contributed by atoms with Gasteiger partial charge in [-0.1, -0.05) is 69.9 Å². The summed E-state index contributed by atoms with van der Waals surface area (Å²) in [6, 6.07) is 12.0. The number of ether oxygens (including phenoxy) is 2. The van der Waals surface area contributed by atoms with Crippen molar-refractivity contribution < 1.29 is 18.3 Å². The summed E-state index contributed by atoms with van der Waals surface area (Å²) in [6.07, 6.45) is 7.46. The minimum atomic E-state index is -0.964. The molecule has 2 nitrogen and oxygen atoms in total. The van der Waals surface area contributed by atoms with E-state index in [0.29, 0.717) is 24.5 Å². The van der Waals surface area contributed by atoms with Gasteiger partial charge in [-0.3, -0.25) is 0 Å². The van der Waals surface area contributed by atoms with E-state index in [0.717, 1.165) is 5.92 Å². The molecule has 1 aliphatic carbocycles. The molecule has 29 heavy (non-hydrogen) atoms. The van der Waals surface area contributed by atoms with Crippen LogP contribution in [0.2, 0.25) is 0 Å². The van der Waals surface area contributed by atoms with Gasteiger partial charge in [-0.15, -0.1) is 0 Å². The summed E-state index contributed by atoms with van der Waals surface area (Å²) < 4.78 is 40.8. The Kier molecular flexibility index (Phi) is 8.05. The van der Waals surface area contributed by atoms with Crippen LogP contribution in [0.3, 0.4) is 0 Å². The summed E-state index contributed by atoms with van der Waals surface area (Å²) in [5, 5.41) is 0. The molecule has 0 spiro atoms. The quantitative estimate of drug-likeness (QED) is 0.408. The van der Waals surface area contributed by atoms with Gasteiger partial charge >= 0.3 is 0 Å². The van der Waals surface area contributed by atoms with Gasteiger partial charge in [0.25, 0.3) is 0 Å². The Balaban J connectivity index is 1.57. The van der Waals surface area contributed by atoms with E-state index in [2.05, 4.69) is 6.92 Å². The molecule has 1 saturated carbocycles. The summed E-state index contributed by atoms with van der Waals surface area (Å²) >= 11 is 0. The summed E-state index contributed by atoms with van der Waals surface area (Å²) in [7, 11) is 0. The highest BCUT2D eigenvalue weighted by atomic mass is 19.2. The van der Waals surface area contributed by atoms with Gasteiger partial charge in [-0.2, -0.15) is 4.39 Å². The molecule has 0 radical (unpaired) electrons. The Morgan fingerprint density at radius 3 is 2.24 bits per heavy atom. The van der Waals surface area contributed by atoms with Crippen LogP contribution >= 0.6 is 0 Å². The summed E-state index contributed by atoms with van der Waals surface area (Å²) in [4.78, 5) is 0. The van der Waals surface area contributed by atoms with Crippen molar-refractivity contribution in [3.05, 3.63) is 54.1 Å². The maximum atomic E-state index is 14.6. The topological polar surface area (TPSA) is 18.5 Å². The second-order valence-corrected chi connectivity index (χ2v) is 8.07. The summed E-state index contributed by atoms with van der Waals surface area (Å²) in [6.45, 7) is 4.78. The van der Waals surface area contributed by atoms with E-state index in [9.17, 15) is 8.78 Å². The van der Waals surface area contributed by atoms with Gasteiger partial charge in [0.05, 0.1) is 6.61 Å². The van der Waals surface area contributed by atoms with Crippen LogP contribution in [0.5, 0.6) is 5.75 Å². The van der Waals surface area contributed by atoms with Gasteiger partial charge in [0.15, 0.2) is 17.9 Å². The van der Waals surface area contributed by atoms with Crippen molar-refractivity contribution in [1.82, 2.24) is 0 Å². The van der Waals surface area contributed by atoms with Crippen molar-refractivity contribution in [3.63, 3.8) is 0 Å². The number of hydrogen-bond acceptors (Lipinski definition) is 2. The summed E-state index contributed by atoms with van der Waals surface area (Å²) in [5.41, 5.74) is 0.866. The average Bonchev–Trinajstić information content (AvgIpc) is 2.76. The first-order valence-corrected chi connectivity index (χ1v) is 10.9. The first kappa shape index (κ1) is 21.8. The Morgan fingerprint density at radius 2 is 1.59 bits per heavy atom. The standard InChI is InChI=1S/C25H32F2O2/c1-3-8-18-11-13-19(14-12-18)17-28-23(4-2)29-22-16-15-21(24(26)25(22)27)20-9-6-5-7-10-20/h5-7,9-10,15-16,18-19,23H,3-4,8,11-14,17H2,1-2H3/t18-,19-,23?. The first-order chi connectivity index (χ1) is 14.1. The van der Waals surface area contributed by atoms with E-state index in [-0.39, 0.29) is 11.3 Å². The molecule has 0 amide bonds. The van der Waals surface area contributed by atoms with E-state index in [1.54, 1.807) is 30.3 Å². The third-order valence-electron chi connectivity index (χ3n) is 5.90. The second-order valence-electron chi connectivity index (χ2n) is 8.07. The van der Waals surface area contributed by atoms with Crippen molar-refractivity contribution in [1.29, 1.82) is 0 Å². The smallest absolute Gasteiger partial charge is 0.201 e. The Labute approximate surface area is 173 Å². The van der Waals surface area contributed by atoms with Crippen LogP contribution in [0.25, 0.3) is 11.1 Å². The van der Waals surface area contributed by atoms with Gasteiger partial charge in [0.1, 0.15) is 0 Å². The van der Waals surface area contributed by atoms with Gasteiger partial charge in [-0.05, 0) is 42.4 Å². The number of hydrogen-bond donors (Lipinski definition) is 0. The lowest BCUT2D eigenvalue weighted by atomic mass is 9.80. The highest BCUT2D eigenvalue weighted by molar-refractivity contribution is 5.65. The minimum Gasteiger partial charge on any atom is -0.462 e. The van der Waals surface area contributed by atoms with Crippen LogP contribution < -0.4 is 4.74 Å². The molecule has 0 heterocycles. The molecule has 158 valence electrons. The molecule has 3 rings (SSSR count). The zero-order valence-corrected chi connectivity index (χ0v) is 17.5. The number of halogens is 2. The second kappa shape index (κ2) is 10.7. The highest BCUT2D eigenvalue weighted by Gasteiger charge is 2.23. The van der Waals surface area contributed by atoms with Crippen molar-refractivity contribution in [2.75, 3.05) is 6.61 Å². The van der Waals surface area contributed by atoms with Crippen LogP contribution in [0.1, 0.15) is 58.8 Å². The molecule has 0 N–H and O–H groups in total. The van der Waals surface area contributed by atoms with Crippen molar-refractivity contribution in [2.24, 2.45) is 11.8 Å². The van der Waals surface area contributed by atoms with Crippen LogP contribution in [-0.2, 0) is 4.74 Å². The van der Waals surface area contributed by atoms with Crippen LogP contribution in [0.15, 0.2) is 42.5 Å². The molecule has 0 bridgehead atoms. The number of benzene rings is 2. The monoisotopic (exact) mass is 402 g/mol. The van der Waals surface area contributed by atoms with E-state index < -0.39 is 17.9 Å². The van der Waals surface area contributed by atoms with Crippen LogP contribution in [0, 0.1) is 23.5 Å². The third kappa shape index (κ3) is 5.79. The van der Waals surface area contributed by atoms with Crippen molar-refractivity contribution in [3.8, 4) is 16.9 Å². The molecule has 0 aromatic heterocycles. The van der Waals surface area contributed by atoms with E-state index in [1.807, 2.05) is 13.0 Å². The van der Waals surface area contributed by atoms with E-state index in [4.69, 9.17) is 9.47 Å². The lowest BCUT2D eigenvalue weighted by Crippen LogP contribution is -2.26. The van der Waals surface area contributed by atoms with Crippen LogP contribution in [0.4, 0.5) is 8.78 Å². The lowest BCUT2D eigenvalue weighted by Gasteiger charge is -2.29. The Bertz CT molecular complexity index is 755. The predicted octanol–water partition coefficient (Wildman–Crippen LogP) is 7.37. The van der Waals surface area contributed by atoms with Gasteiger partial charge < -0.3 is 9.47 Å². The van der Waals surface area contributed by atoms with E-state index in [1.165, 1.54) is 44.6 Å². The molecule has 1 unspecified atom stereocenters. The molecule has 0 saturated heterocycles. The molecule has 1 fully saturated rings. The third-order valence-corrected chi connectivity index (χ3v) is 5.90. The molecule has 1 aliphatic rings. The fourth-order valence-corrected chi connectivity index (χ4v) is 4.18. The maximum absolute atomic E-state index is 14.6. The molecule has 0 aliphatic heterocycles. The van der Waals surface area contributed by atoms with Gasteiger partial charge in [-0.25, -0.2) is 4.39 Å². The lowest BCUT2D eigenvalue weighted by molar-refractivity contribution is -0.0984. The van der Waals surface area contributed by atoms with Gasteiger partial charge in [0, 0.05) is 12.0 Å². The SMILES string of the molecule is CCC[C@H]1CC[C@H](COC(CC)Oc2ccc(-c3ccccc3)c(F)c2F)CC1. The average molecular weight is 403 g/mol. The van der Waals surface area contributed by atoms with Gasteiger partial charge in [0.2, 0.25) is 5.82 Å². The highest BCUT2D eigenvalue weighted by Crippen LogP contribution is 2.33. The normalized spacial score (nSPS) is 20.4. The predicted molar refractivity (Wildman–Crippen MR) is 113 cm³/mol. The molecule has 2 aromatic rings. The number of rotatable bonds is 9. The largest absolute Gasteiger partial charge is 0.462 e. The fourth-order valence-electron chi connectivity index (χ4n) is 4.18. The minimum absolute atomic E-state index is 0.0966. The summed E-state index contributed by atoms with van der Waals surface area (Å²) in [5.74, 6) is -0.565. The zero-order valence-electron chi connectivity index (χ0n) is 17.5. The van der Waals surface area contributed by atoms with Crippen molar-refractivity contribution >= 4 is 0 Å². The molecule has 2 aromatic carbocycles. The Hall–Kier alpha value is -1.94. The van der Waals surface area contributed by atoms with Crippen molar-refractivity contribution in [2.45, 2.75) is 65.1 Å². The fraction of sp³-hybridized carbons (Fsp3) is 0.520. The van der Waals surface area contributed by atoms with Crippen LogP contribution in [-0.4, -0.2) is 12.9 Å².